The summed E-state index contributed by atoms with van der Waals surface area (Å²) in [6.45, 7) is 4.05. The van der Waals surface area contributed by atoms with Crippen LogP contribution in [0, 0.1) is 0 Å². The third-order valence-corrected chi connectivity index (χ3v) is 3.15. The Balaban J connectivity index is 1.99. The average Bonchev–Trinajstić information content (AvgIpc) is 2.77. The molecule has 0 aliphatic carbocycles. The predicted molar refractivity (Wildman–Crippen MR) is 69.1 cm³/mol. The van der Waals surface area contributed by atoms with Gasteiger partial charge in [0.15, 0.2) is 5.16 Å². The molecule has 2 rings (SSSR count). The zero-order valence-electron chi connectivity index (χ0n) is 9.30. The molecule has 2 aromatic rings. The Hall–Kier alpha value is -1.75. The molecule has 0 saturated carbocycles. The maximum Gasteiger partial charge on any atom is 0.230 e. The topological polar surface area (TPSA) is 46.4 Å². The molecule has 1 N–H and O–H groups in total. The lowest BCUT2D eigenvalue weighted by molar-refractivity contribution is -0.118. The molecule has 5 heteroatoms. The van der Waals surface area contributed by atoms with E-state index in [0.29, 0.717) is 12.3 Å². The van der Waals surface area contributed by atoms with Gasteiger partial charge in [0.1, 0.15) is 0 Å². The highest BCUT2D eigenvalue weighted by Gasteiger charge is 2.06. The van der Waals surface area contributed by atoms with E-state index >= 15 is 0 Å². The minimum atomic E-state index is -0.0115. The van der Waals surface area contributed by atoms with Crippen molar-refractivity contribution in [2.45, 2.75) is 5.16 Å². The standard InChI is InChI=1S/C12H13N3OS/c1-2-6-13-11(16)9-17-12-14-8-10-5-3-4-7-15(10)12/h2-5,7-8H,1,6,9H2,(H,13,16). The summed E-state index contributed by atoms with van der Waals surface area (Å²) in [7, 11) is 0. The quantitative estimate of drug-likeness (QED) is 0.646. The van der Waals surface area contributed by atoms with Gasteiger partial charge in [-0.2, -0.15) is 0 Å². The number of imidazole rings is 1. The van der Waals surface area contributed by atoms with E-state index < -0.39 is 0 Å². The Morgan fingerprint density at radius 1 is 1.59 bits per heavy atom. The van der Waals surface area contributed by atoms with Gasteiger partial charge in [-0.1, -0.05) is 23.9 Å². The van der Waals surface area contributed by atoms with Gasteiger partial charge >= 0.3 is 0 Å². The number of fused-ring (bicyclic) bond motifs is 1. The molecule has 0 saturated heterocycles. The lowest BCUT2D eigenvalue weighted by atomic mass is 10.4. The van der Waals surface area contributed by atoms with Crippen molar-refractivity contribution in [1.82, 2.24) is 14.7 Å². The highest BCUT2D eigenvalue weighted by Crippen LogP contribution is 2.17. The van der Waals surface area contributed by atoms with Crippen LogP contribution in [0.1, 0.15) is 0 Å². The molecule has 0 spiro atoms. The minimum Gasteiger partial charge on any atom is -0.352 e. The van der Waals surface area contributed by atoms with Gasteiger partial charge in [0, 0.05) is 12.7 Å². The highest BCUT2D eigenvalue weighted by molar-refractivity contribution is 7.99. The lowest BCUT2D eigenvalue weighted by Crippen LogP contribution is -2.25. The summed E-state index contributed by atoms with van der Waals surface area (Å²) in [5, 5.41) is 3.56. The third-order valence-electron chi connectivity index (χ3n) is 2.18. The van der Waals surface area contributed by atoms with E-state index in [-0.39, 0.29) is 5.91 Å². The smallest absolute Gasteiger partial charge is 0.230 e. The number of nitrogens with zero attached hydrogens (tertiary/aromatic N) is 2. The van der Waals surface area contributed by atoms with Gasteiger partial charge in [0.2, 0.25) is 5.91 Å². The summed E-state index contributed by atoms with van der Waals surface area (Å²) >= 11 is 1.42. The van der Waals surface area contributed by atoms with Gasteiger partial charge in [0.25, 0.3) is 0 Å². The molecule has 0 radical (unpaired) electrons. The van der Waals surface area contributed by atoms with Crippen LogP contribution >= 0.6 is 11.8 Å². The monoisotopic (exact) mass is 247 g/mol. The van der Waals surface area contributed by atoms with Crippen LogP contribution in [0.4, 0.5) is 0 Å². The van der Waals surface area contributed by atoms with Crippen molar-refractivity contribution in [3.63, 3.8) is 0 Å². The van der Waals surface area contributed by atoms with Crippen LogP contribution in [-0.4, -0.2) is 27.6 Å². The summed E-state index contributed by atoms with van der Waals surface area (Å²) in [6, 6.07) is 5.88. The number of thioether (sulfide) groups is 1. The maximum absolute atomic E-state index is 11.4. The minimum absolute atomic E-state index is 0.0115. The zero-order valence-corrected chi connectivity index (χ0v) is 10.1. The maximum atomic E-state index is 11.4. The Bertz CT molecular complexity index is 535. The second-order valence-corrected chi connectivity index (χ2v) is 4.36. The van der Waals surface area contributed by atoms with Crippen molar-refractivity contribution in [3.8, 4) is 0 Å². The van der Waals surface area contributed by atoms with Crippen LogP contribution in [0.15, 0.2) is 48.4 Å². The summed E-state index contributed by atoms with van der Waals surface area (Å²) in [5.74, 6) is 0.351. The molecule has 0 atom stereocenters. The van der Waals surface area contributed by atoms with Crippen molar-refractivity contribution in [2.75, 3.05) is 12.3 Å². The molecule has 0 unspecified atom stereocenters. The van der Waals surface area contributed by atoms with Gasteiger partial charge in [0.05, 0.1) is 17.5 Å². The molecule has 1 amide bonds. The van der Waals surface area contributed by atoms with E-state index in [0.717, 1.165) is 10.7 Å². The highest BCUT2D eigenvalue weighted by atomic mass is 32.2. The van der Waals surface area contributed by atoms with Crippen LogP contribution < -0.4 is 5.32 Å². The molecule has 17 heavy (non-hydrogen) atoms. The molecular formula is C12H13N3OS. The number of hydrogen-bond donors (Lipinski definition) is 1. The van der Waals surface area contributed by atoms with Crippen molar-refractivity contribution in [2.24, 2.45) is 0 Å². The number of nitrogens with one attached hydrogen (secondary N) is 1. The van der Waals surface area contributed by atoms with Gasteiger partial charge in [-0.05, 0) is 12.1 Å². The number of carbonyl (C=O) groups excluding carboxylic acids is 1. The summed E-state index contributed by atoms with van der Waals surface area (Å²) in [5.41, 5.74) is 1.03. The molecule has 2 aromatic heterocycles. The molecule has 0 bridgehead atoms. The molecule has 2 heterocycles. The van der Waals surface area contributed by atoms with E-state index in [9.17, 15) is 4.79 Å². The van der Waals surface area contributed by atoms with Crippen molar-refractivity contribution in [3.05, 3.63) is 43.2 Å². The van der Waals surface area contributed by atoms with Crippen molar-refractivity contribution < 1.29 is 4.79 Å². The Kier molecular flexibility index (Phi) is 3.82. The van der Waals surface area contributed by atoms with E-state index in [1.54, 1.807) is 12.3 Å². The molecular weight excluding hydrogens is 234 g/mol. The van der Waals surface area contributed by atoms with Gasteiger partial charge < -0.3 is 5.32 Å². The first-order chi connectivity index (χ1) is 8.31. The van der Waals surface area contributed by atoms with E-state index in [4.69, 9.17) is 0 Å². The Morgan fingerprint density at radius 3 is 3.29 bits per heavy atom. The molecule has 0 fully saturated rings. The molecule has 88 valence electrons. The summed E-state index contributed by atoms with van der Waals surface area (Å²) in [4.78, 5) is 15.7. The van der Waals surface area contributed by atoms with E-state index in [1.165, 1.54) is 11.8 Å². The number of aromatic nitrogens is 2. The second kappa shape index (κ2) is 5.54. The van der Waals surface area contributed by atoms with Crippen LogP contribution in [0.5, 0.6) is 0 Å². The SMILES string of the molecule is C=CCNC(=O)CSc1ncc2ccccn12. The molecule has 0 aromatic carbocycles. The summed E-state index contributed by atoms with van der Waals surface area (Å²) in [6.07, 6.45) is 5.39. The van der Waals surface area contributed by atoms with Crippen LogP contribution in [0.3, 0.4) is 0 Å². The lowest BCUT2D eigenvalue weighted by Gasteiger charge is -2.01. The largest absolute Gasteiger partial charge is 0.352 e. The zero-order chi connectivity index (χ0) is 12.1. The average molecular weight is 247 g/mol. The normalized spacial score (nSPS) is 10.4. The molecule has 4 nitrogen and oxygen atoms in total. The number of hydrogen-bond acceptors (Lipinski definition) is 3. The second-order valence-electron chi connectivity index (χ2n) is 3.42. The Labute approximate surface area is 104 Å². The first-order valence-corrected chi connectivity index (χ1v) is 6.22. The van der Waals surface area contributed by atoms with Crippen LogP contribution in [-0.2, 0) is 4.79 Å². The van der Waals surface area contributed by atoms with E-state index in [2.05, 4.69) is 16.9 Å². The summed E-state index contributed by atoms with van der Waals surface area (Å²) < 4.78 is 1.96. The molecule has 0 aliphatic rings. The van der Waals surface area contributed by atoms with Crippen LogP contribution in [0.25, 0.3) is 5.52 Å². The van der Waals surface area contributed by atoms with Gasteiger partial charge in [-0.3, -0.25) is 9.20 Å². The number of amides is 1. The fraction of sp³-hybridized carbons (Fsp3) is 0.167. The van der Waals surface area contributed by atoms with Gasteiger partial charge in [-0.25, -0.2) is 4.98 Å². The fourth-order valence-corrected chi connectivity index (χ4v) is 2.19. The van der Waals surface area contributed by atoms with Crippen molar-refractivity contribution >= 4 is 23.2 Å². The van der Waals surface area contributed by atoms with E-state index in [1.807, 2.05) is 28.8 Å². The third kappa shape index (κ3) is 2.88. The van der Waals surface area contributed by atoms with Gasteiger partial charge in [-0.15, -0.1) is 6.58 Å². The Morgan fingerprint density at radius 2 is 2.47 bits per heavy atom. The van der Waals surface area contributed by atoms with Crippen molar-refractivity contribution in [1.29, 1.82) is 0 Å². The first kappa shape index (κ1) is 11.7. The fourth-order valence-electron chi connectivity index (χ4n) is 1.39. The number of pyridine rings is 1. The number of rotatable bonds is 5. The predicted octanol–water partition coefficient (Wildman–Crippen LogP) is 1.73. The van der Waals surface area contributed by atoms with Crippen LogP contribution in [0.2, 0.25) is 0 Å². The molecule has 0 aliphatic heterocycles. The number of carbonyl (C=O) groups is 1. The first-order valence-electron chi connectivity index (χ1n) is 5.24.